The maximum absolute atomic E-state index is 11.7. The van der Waals surface area contributed by atoms with E-state index >= 15 is 0 Å². The van der Waals surface area contributed by atoms with Crippen molar-refractivity contribution >= 4 is 44.4 Å². The Balaban J connectivity index is 3.54. The van der Waals surface area contributed by atoms with E-state index in [-0.39, 0.29) is 0 Å². The van der Waals surface area contributed by atoms with Crippen LogP contribution in [0.3, 0.4) is 0 Å². The minimum absolute atomic E-state index is 0.659. The lowest BCUT2D eigenvalue weighted by atomic mass is 10.4. The Kier molecular flexibility index (Phi) is 6.31. The van der Waals surface area contributed by atoms with Crippen molar-refractivity contribution in [1.29, 1.82) is 0 Å². The van der Waals surface area contributed by atoms with Crippen molar-refractivity contribution in [3.8, 4) is 0 Å². The number of isocyanates is 4. The Morgan fingerprint density at radius 3 is 1.36 bits per heavy atom. The molecule has 0 radical (unpaired) electrons. The summed E-state index contributed by atoms with van der Waals surface area (Å²) in [6, 6.07) is 1.71. The van der Waals surface area contributed by atoms with E-state index in [0.717, 1.165) is 36.5 Å². The molecule has 1 aromatic heterocycles. The fourth-order valence-electron chi connectivity index (χ4n) is 1.49. The SMILES string of the molecule is O=C=NC(c1ccc(C(N=C=O)S(=O)(=O)N=C=O)o1)S(=O)(=O)N=C=O. The highest BCUT2D eigenvalue weighted by Crippen LogP contribution is 2.32. The van der Waals surface area contributed by atoms with Gasteiger partial charge >= 0.3 is 0 Å². The molecule has 1 rings (SSSR count). The molecule has 0 spiro atoms. The van der Waals surface area contributed by atoms with Gasteiger partial charge in [-0.15, -0.1) is 0 Å². The van der Waals surface area contributed by atoms with Crippen molar-refractivity contribution in [2.24, 2.45) is 18.8 Å². The van der Waals surface area contributed by atoms with Crippen LogP contribution in [0.2, 0.25) is 0 Å². The van der Waals surface area contributed by atoms with Gasteiger partial charge in [-0.25, -0.2) is 36.0 Å². The van der Waals surface area contributed by atoms with Gasteiger partial charge in [0.1, 0.15) is 11.5 Å². The first-order valence-corrected chi connectivity index (χ1v) is 8.63. The Bertz CT molecular complexity index is 977. The Morgan fingerprint density at radius 1 is 0.720 bits per heavy atom. The summed E-state index contributed by atoms with van der Waals surface area (Å²) in [5.74, 6) is -1.32. The van der Waals surface area contributed by atoms with Crippen LogP contribution in [0.4, 0.5) is 0 Å². The summed E-state index contributed by atoms with van der Waals surface area (Å²) in [6.07, 6.45) is 3.31. The quantitative estimate of drug-likeness (QED) is 0.407. The van der Waals surface area contributed by atoms with Crippen molar-refractivity contribution in [1.82, 2.24) is 0 Å². The summed E-state index contributed by atoms with van der Waals surface area (Å²) >= 11 is 0. The second kappa shape index (κ2) is 7.99. The van der Waals surface area contributed by atoms with Crippen LogP contribution in [0.25, 0.3) is 0 Å². The molecule has 0 aliphatic rings. The first-order valence-electron chi connectivity index (χ1n) is 5.63. The van der Waals surface area contributed by atoms with Gasteiger partial charge in [-0.1, -0.05) is 8.80 Å². The molecule has 0 N–H and O–H groups in total. The number of nitrogens with zero attached hydrogens (tertiary/aromatic N) is 4. The molecule has 130 valence electrons. The average Bonchev–Trinajstić information content (AvgIpc) is 2.98. The van der Waals surface area contributed by atoms with E-state index in [4.69, 9.17) is 4.42 Å². The van der Waals surface area contributed by atoms with Crippen molar-refractivity contribution in [3.63, 3.8) is 0 Å². The Labute approximate surface area is 138 Å². The molecule has 2 atom stereocenters. The molecule has 1 heterocycles. The summed E-state index contributed by atoms with van der Waals surface area (Å²) in [5.41, 5.74) is 0. The normalized spacial score (nSPS) is 13.1. The second-order valence-corrected chi connectivity index (χ2v) is 7.10. The van der Waals surface area contributed by atoms with Gasteiger partial charge in [0.05, 0.1) is 0 Å². The third kappa shape index (κ3) is 4.59. The summed E-state index contributed by atoms with van der Waals surface area (Å²) < 4.78 is 56.6. The number of aliphatic imine (C=N–C) groups is 2. The molecule has 0 aliphatic carbocycles. The first kappa shape index (κ1) is 19.7. The van der Waals surface area contributed by atoms with Gasteiger partial charge in [0.2, 0.25) is 22.9 Å². The molecule has 0 aliphatic heterocycles. The standard InChI is InChI=1S/C10H4N4O9S2/c15-3-11-9(24(19,20)13-5-17)7-1-2-8(23-7)10(12-4-16)25(21,22)14-6-18/h1-2,9-10H. The summed E-state index contributed by atoms with van der Waals surface area (Å²) in [4.78, 5) is 46.8. The molecule has 0 bridgehead atoms. The zero-order valence-electron chi connectivity index (χ0n) is 11.6. The van der Waals surface area contributed by atoms with E-state index < -0.39 is 42.3 Å². The van der Waals surface area contributed by atoms with Crippen molar-refractivity contribution < 1.29 is 40.4 Å². The van der Waals surface area contributed by atoms with Gasteiger partial charge in [0.15, 0.2) is 0 Å². The van der Waals surface area contributed by atoms with Crippen molar-refractivity contribution in [2.75, 3.05) is 0 Å². The molecule has 2 unspecified atom stereocenters. The molecule has 25 heavy (non-hydrogen) atoms. The zero-order valence-corrected chi connectivity index (χ0v) is 13.2. The molecule has 0 saturated heterocycles. The van der Waals surface area contributed by atoms with Crippen LogP contribution < -0.4 is 0 Å². The molecule has 15 heteroatoms. The molecule has 0 amide bonds. The summed E-state index contributed by atoms with van der Waals surface area (Å²) in [6.45, 7) is 0. The van der Waals surface area contributed by atoms with Gasteiger partial charge in [0, 0.05) is 0 Å². The van der Waals surface area contributed by atoms with Gasteiger partial charge in [0.25, 0.3) is 32.2 Å². The van der Waals surface area contributed by atoms with Crippen LogP contribution in [-0.4, -0.2) is 41.2 Å². The lowest BCUT2D eigenvalue weighted by Gasteiger charge is -2.06. The Morgan fingerprint density at radius 2 is 1.08 bits per heavy atom. The highest BCUT2D eigenvalue weighted by Gasteiger charge is 2.34. The van der Waals surface area contributed by atoms with Crippen LogP contribution in [0, 0.1) is 0 Å². The third-order valence-electron chi connectivity index (χ3n) is 2.37. The average molecular weight is 388 g/mol. The van der Waals surface area contributed by atoms with Crippen molar-refractivity contribution in [2.45, 2.75) is 10.7 Å². The van der Waals surface area contributed by atoms with Crippen molar-refractivity contribution in [3.05, 3.63) is 23.7 Å². The van der Waals surface area contributed by atoms with Crippen LogP contribution in [0.1, 0.15) is 22.3 Å². The van der Waals surface area contributed by atoms with Gasteiger partial charge < -0.3 is 4.42 Å². The molecular weight excluding hydrogens is 384 g/mol. The van der Waals surface area contributed by atoms with E-state index in [1.54, 1.807) is 0 Å². The second-order valence-electron chi connectivity index (χ2n) is 3.78. The lowest BCUT2D eigenvalue weighted by Crippen LogP contribution is -2.09. The number of carbonyl (C=O) groups excluding carboxylic acids is 4. The number of hydrogen-bond donors (Lipinski definition) is 0. The molecule has 0 saturated carbocycles. The largest absolute Gasteiger partial charge is 0.459 e. The summed E-state index contributed by atoms with van der Waals surface area (Å²) in [7, 11) is -9.45. The highest BCUT2D eigenvalue weighted by atomic mass is 32.2. The maximum atomic E-state index is 11.7. The predicted molar refractivity (Wildman–Crippen MR) is 74.5 cm³/mol. The smallest absolute Gasteiger partial charge is 0.295 e. The van der Waals surface area contributed by atoms with Crippen LogP contribution >= 0.6 is 0 Å². The maximum Gasteiger partial charge on any atom is 0.295 e. The molecule has 1 aromatic rings. The molecular formula is C10H4N4O9S2. The van der Waals surface area contributed by atoms with E-state index in [0.29, 0.717) is 0 Å². The third-order valence-corrected chi connectivity index (χ3v) is 4.83. The van der Waals surface area contributed by atoms with Crippen LogP contribution in [0.15, 0.2) is 35.3 Å². The highest BCUT2D eigenvalue weighted by molar-refractivity contribution is 7.90. The van der Waals surface area contributed by atoms with E-state index in [1.165, 1.54) is 0 Å². The van der Waals surface area contributed by atoms with Gasteiger partial charge in [-0.2, -0.15) is 9.98 Å². The minimum atomic E-state index is -4.72. The summed E-state index contributed by atoms with van der Waals surface area (Å²) in [5, 5.41) is -4.34. The van der Waals surface area contributed by atoms with E-state index in [2.05, 4.69) is 18.8 Å². The monoisotopic (exact) mass is 388 g/mol. The van der Waals surface area contributed by atoms with Gasteiger partial charge in [-0.05, 0) is 12.1 Å². The number of sulfonamides is 2. The Hall–Kier alpha value is -3.30. The predicted octanol–water partition coefficient (Wildman–Crippen LogP) is -0.720. The lowest BCUT2D eigenvalue weighted by molar-refractivity contribution is 0.447. The molecule has 13 nitrogen and oxygen atoms in total. The molecule has 0 fully saturated rings. The van der Waals surface area contributed by atoms with E-state index in [1.807, 2.05) is 0 Å². The van der Waals surface area contributed by atoms with Crippen LogP contribution in [0.5, 0.6) is 0 Å². The minimum Gasteiger partial charge on any atom is -0.459 e. The van der Waals surface area contributed by atoms with Gasteiger partial charge in [-0.3, -0.25) is 0 Å². The fraction of sp³-hybridized carbons (Fsp3) is 0.200. The number of hydrogen-bond acceptors (Lipinski definition) is 11. The van der Waals surface area contributed by atoms with E-state index in [9.17, 15) is 36.0 Å². The van der Waals surface area contributed by atoms with Crippen LogP contribution in [-0.2, 0) is 39.2 Å². The molecule has 0 aromatic carbocycles. The zero-order chi connectivity index (χ0) is 19.1. The fourth-order valence-corrected chi connectivity index (χ4v) is 3.09. The number of furan rings is 1. The number of rotatable bonds is 8. The first-order chi connectivity index (χ1) is 11.7. The topological polar surface area (TPSA) is 199 Å².